The molecule has 1 atom stereocenters. The third-order valence-electron chi connectivity index (χ3n) is 4.74. The molecule has 1 aromatic carbocycles. The van der Waals surface area contributed by atoms with Crippen LogP contribution in [0.2, 0.25) is 0 Å². The van der Waals surface area contributed by atoms with Crippen LogP contribution in [0.5, 0.6) is 0 Å². The molecule has 3 nitrogen and oxygen atoms in total. The van der Waals surface area contributed by atoms with E-state index in [4.69, 9.17) is 0 Å². The van der Waals surface area contributed by atoms with Crippen molar-refractivity contribution >= 4 is 24.0 Å². The minimum atomic E-state index is 0. The predicted molar refractivity (Wildman–Crippen MR) is 84.3 cm³/mol. The fourth-order valence-electron chi connectivity index (χ4n) is 3.25. The van der Waals surface area contributed by atoms with Crippen molar-refractivity contribution < 1.29 is 4.79 Å². The first-order chi connectivity index (χ1) is 9.23. The third kappa shape index (κ3) is 2.99. The maximum absolute atomic E-state index is 12.3. The van der Waals surface area contributed by atoms with Gasteiger partial charge in [0.1, 0.15) is 0 Å². The molecule has 0 aromatic heterocycles. The van der Waals surface area contributed by atoms with Crippen LogP contribution in [0.1, 0.15) is 31.7 Å². The smallest absolute Gasteiger partial charge is 0.228 e. The summed E-state index contributed by atoms with van der Waals surface area (Å²) in [6.07, 6.45) is 4.42. The maximum atomic E-state index is 12.3. The third-order valence-corrected chi connectivity index (χ3v) is 4.74. The van der Waals surface area contributed by atoms with E-state index in [0.717, 1.165) is 44.5 Å². The van der Waals surface area contributed by atoms with Gasteiger partial charge in [0.25, 0.3) is 0 Å². The SMILES string of the molecule is CCc1ccc(NC(=O)C2CC23CCNCC3)cc1.Cl. The molecule has 1 amide bonds. The summed E-state index contributed by atoms with van der Waals surface area (Å²) in [5, 5.41) is 6.44. The van der Waals surface area contributed by atoms with E-state index in [1.165, 1.54) is 5.56 Å². The van der Waals surface area contributed by atoms with Crippen molar-refractivity contribution in [1.29, 1.82) is 0 Å². The molecular weight excluding hydrogens is 272 g/mol. The van der Waals surface area contributed by atoms with Crippen molar-refractivity contribution in [3.63, 3.8) is 0 Å². The van der Waals surface area contributed by atoms with E-state index in [9.17, 15) is 4.79 Å². The summed E-state index contributed by atoms with van der Waals surface area (Å²) < 4.78 is 0. The molecule has 1 saturated carbocycles. The van der Waals surface area contributed by atoms with Crippen LogP contribution >= 0.6 is 12.4 Å². The Hall–Kier alpha value is -1.06. The summed E-state index contributed by atoms with van der Waals surface area (Å²) in [6.45, 7) is 4.27. The first kappa shape index (κ1) is 15.3. The Labute approximate surface area is 126 Å². The number of aryl methyl sites for hydroxylation is 1. The standard InChI is InChI=1S/C16H22N2O.ClH/c1-2-12-3-5-13(6-4-12)18-15(19)14-11-16(14)7-9-17-10-8-16;/h3-6,14,17H,2,7-11H2,1H3,(H,18,19);1H. The van der Waals surface area contributed by atoms with E-state index >= 15 is 0 Å². The van der Waals surface area contributed by atoms with Gasteiger partial charge in [-0.1, -0.05) is 19.1 Å². The second kappa shape index (κ2) is 6.15. The minimum Gasteiger partial charge on any atom is -0.326 e. The average Bonchev–Trinajstić information content (AvgIpc) is 3.14. The van der Waals surface area contributed by atoms with Crippen LogP contribution in [0.25, 0.3) is 0 Å². The molecule has 0 radical (unpaired) electrons. The molecule has 2 fully saturated rings. The fourth-order valence-corrected chi connectivity index (χ4v) is 3.25. The molecule has 1 saturated heterocycles. The molecular formula is C16H23ClN2O. The van der Waals surface area contributed by atoms with E-state index in [-0.39, 0.29) is 24.2 Å². The van der Waals surface area contributed by atoms with Gasteiger partial charge in [-0.25, -0.2) is 0 Å². The Morgan fingerprint density at radius 3 is 2.55 bits per heavy atom. The van der Waals surface area contributed by atoms with Crippen LogP contribution in [-0.4, -0.2) is 19.0 Å². The number of nitrogens with one attached hydrogen (secondary N) is 2. The van der Waals surface area contributed by atoms with Crippen LogP contribution in [0.3, 0.4) is 0 Å². The van der Waals surface area contributed by atoms with Gasteiger partial charge in [-0.3, -0.25) is 4.79 Å². The largest absolute Gasteiger partial charge is 0.326 e. The van der Waals surface area contributed by atoms with Gasteiger partial charge < -0.3 is 10.6 Å². The number of piperidine rings is 1. The molecule has 110 valence electrons. The number of hydrogen-bond acceptors (Lipinski definition) is 2. The van der Waals surface area contributed by atoms with Crippen LogP contribution in [-0.2, 0) is 11.2 Å². The number of carbonyl (C=O) groups excluding carboxylic acids is 1. The van der Waals surface area contributed by atoms with Gasteiger partial charge in [0.2, 0.25) is 5.91 Å². The van der Waals surface area contributed by atoms with Gasteiger partial charge in [0.05, 0.1) is 0 Å². The van der Waals surface area contributed by atoms with E-state index in [1.54, 1.807) is 0 Å². The summed E-state index contributed by atoms with van der Waals surface area (Å²) in [7, 11) is 0. The number of halogens is 1. The van der Waals surface area contributed by atoms with Crippen molar-refractivity contribution in [2.45, 2.75) is 32.6 Å². The zero-order valence-electron chi connectivity index (χ0n) is 11.9. The van der Waals surface area contributed by atoms with Crippen molar-refractivity contribution in [2.75, 3.05) is 18.4 Å². The van der Waals surface area contributed by atoms with Crippen molar-refractivity contribution in [3.05, 3.63) is 29.8 Å². The highest BCUT2D eigenvalue weighted by Gasteiger charge is 2.57. The highest BCUT2D eigenvalue weighted by molar-refractivity contribution is 5.95. The van der Waals surface area contributed by atoms with Crippen LogP contribution in [0, 0.1) is 11.3 Å². The Morgan fingerprint density at radius 1 is 1.30 bits per heavy atom. The lowest BCUT2D eigenvalue weighted by Gasteiger charge is -2.23. The second-order valence-corrected chi connectivity index (χ2v) is 5.91. The molecule has 2 aliphatic rings. The van der Waals surface area contributed by atoms with Gasteiger partial charge in [-0.2, -0.15) is 0 Å². The minimum absolute atomic E-state index is 0. The second-order valence-electron chi connectivity index (χ2n) is 5.91. The van der Waals surface area contributed by atoms with Crippen LogP contribution in [0.15, 0.2) is 24.3 Å². The summed E-state index contributed by atoms with van der Waals surface area (Å²) in [5.74, 6) is 0.451. The lowest BCUT2D eigenvalue weighted by atomic mass is 9.92. The van der Waals surface area contributed by atoms with Crippen LogP contribution in [0.4, 0.5) is 5.69 Å². The van der Waals surface area contributed by atoms with Crippen molar-refractivity contribution in [1.82, 2.24) is 5.32 Å². The quantitative estimate of drug-likeness (QED) is 0.900. The molecule has 2 N–H and O–H groups in total. The van der Waals surface area contributed by atoms with Gasteiger partial charge in [0, 0.05) is 11.6 Å². The van der Waals surface area contributed by atoms with E-state index in [0.29, 0.717) is 5.41 Å². The topological polar surface area (TPSA) is 41.1 Å². The first-order valence-electron chi connectivity index (χ1n) is 7.34. The molecule has 1 heterocycles. The van der Waals surface area contributed by atoms with Gasteiger partial charge in [-0.05, 0) is 61.9 Å². The summed E-state index contributed by atoms with van der Waals surface area (Å²) in [4.78, 5) is 12.3. The molecule has 1 aliphatic heterocycles. The number of amides is 1. The van der Waals surface area contributed by atoms with E-state index in [2.05, 4.69) is 29.7 Å². The number of anilines is 1. The normalized spacial score (nSPS) is 22.9. The number of carbonyl (C=O) groups is 1. The Bertz CT molecular complexity index is 466. The van der Waals surface area contributed by atoms with Gasteiger partial charge in [-0.15, -0.1) is 12.4 Å². The van der Waals surface area contributed by atoms with E-state index < -0.39 is 0 Å². The zero-order chi connectivity index (χ0) is 13.3. The summed E-state index contributed by atoms with van der Waals surface area (Å²) in [5.41, 5.74) is 2.55. The molecule has 1 aromatic rings. The Morgan fingerprint density at radius 2 is 1.95 bits per heavy atom. The number of benzene rings is 1. The summed E-state index contributed by atoms with van der Waals surface area (Å²) >= 11 is 0. The number of hydrogen-bond donors (Lipinski definition) is 2. The Kier molecular flexibility index (Phi) is 4.71. The molecule has 20 heavy (non-hydrogen) atoms. The highest BCUT2D eigenvalue weighted by Crippen LogP contribution is 2.58. The maximum Gasteiger partial charge on any atom is 0.228 e. The lowest BCUT2D eigenvalue weighted by molar-refractivity contribution is -0.118. The monoisotopic (exact) mass is 294 g/mol. The average molecular weight is 295 g/mol. The van der Waals surface area contributed by atoms with Crippen molar-refractivity contribution in [3.8, 4) is 0 Å². The Balaban J connectivity index is 0.00000147. The first-order valence-corrected chi connectivity index (χ1v) is 7.34. The van der Waals surface area contributed by atoms with E-state index in [1.807, 2.05) is 12.1 Å². The summed E-state index contributed by atoms with van der Waals surface area (Å²) in [6, 6.07) is 8.19. The van der Waals surface area contributed by atoms with Crippen molar-refractivity contribution in [2.24, 2.45) is 11.3 Å². The molecule has 4 heteroatoms. The fraction of sp³-hybridized carbons (Fsp3) is 0.562. The molecule has 1 unspecified atom stereocenters. The van der Waals surface area contributed by atoms with Crippen LogP contribution < -0.4 is 10.6 Å². The predicted octanol–water partition coefficient (Wildman–Crippen LogP) is 3.00. The molecule has 1 spiro atoms. The zero-order valence-corrected chi connectivity index (χ0v) is 12.8. The molecule has 0 bridgehead atoms. The molecule has 1 aliphatic carbocycles. The number of rotatable bonds is 3. The van der Waals surface area contributed by atoms with Gasteiger partial charge in [0.15, 0.2) is 0 Å². The lowest BCUT2D eigenvalue weighted by Crippen LogP contribution is -2.31. The highest BCUT2D eigenvalue weighted by atomic mass is 35.5. The molecule has 3 rings (SSSR count). The van der Waals surface area contributed by atoms with Gasteiger partial charge >= 0.3 is 0 Å².